The van der Waals surface area contributed by atoms with Gasteiger partial charge in [0.2, 0.25) is 0 Å². The lowest BCUT2D eigenvalue weighted by Gasteiger charge is -2.18. The Kier molecular flexibility index (Phi) is 3.49. The minimum atomic E-state index is -0.922. The van der Waals surface area contributed by atoms with Gasteiger partial charge in [-0.05, 0) is 37.3 Å². The molecule has 24 heavy (non-hydrogen) atoms. The van der Waals surface area contributed by atoms with E-state index in [0.717, 1.165) is 35.3 Å². The van der Waals surface area contributed by atoms with Crippen LogP contribution in [0.15, 0.2) is 6.33 Å². The number of thiophene rings is 1. The van der Waals surface area contributed by atoms with Gasteiger partial charge in [0.05, 0.1) is 17.6 Å². The first-order chi connectivity index (χ1) is 11.6. The highest BCUT2D eigenvalue weighted by atomic mass is 32.1. The van der Waals surface area contributed by atoms with Crippen molar-refractivity contribution < 1.29 is 9.90 Å². The summed E-state index contributed by atoms with van der Waals surface area (Å²) in [5.74, 6) is -0.176. The van der Waals surface area contributed by atoms with Gasteiger partial charge in [-0.3, -0.25) is 5.10 Å². The number of hydrogen-bond donors (Lipinski definition) is 2. The van der Waals surface area contributed by atoms with E-state index in [9.17, 15) is 9.90 Å². The number of hydrogen-bond acceptors (Lipinski definition) is 6. The number of nitrogens with zero attached hydrogens (tertiary/aromatic N) is 4. The van der Waals surface area contributed by atoms with Gasteiger partial charge in [-0.2, -0.15) is 5.10 Å². The Bertz CT molecular complexity index is 945. The fourth-order valence-electron chi connectivity index (χ4n) is 3.36. The monoisotopic (exact) mass is 343 g/mol. The predicted molar refractivity (Wildman–Crippen MR) is 91.8 cm³/mol. The second-order valence-corrected chi connectivity index (χ2v) is 7.07. The van der Waals surface area contributed by atoms with Crippen LogP contribution in [0.2, 0.25) is 0 Å². The van der Waals surface area contributed by atoms with Crippen LogP contribution in [0.3, 0.4) is 0 Å². The van der Waals surface area contributed by atoms with Crippen molar-refractivity contribution in [1.29, 1.82) is 0 Å². The van der Waals surface area contributed by atoms with Gasteiger partial charge in [0.15, 0.2) is 0 Å². The summed E-state index contributed by atoms with van der Waals surface area (Å²) in [5, 5.41) is 17.7. The number of aromatic nitrogens is 4. The molecule has 0 bridgehead atoms. The van der Waals surface area contributed by atoms with Crippen molar-refractivity contribution in [2.75, 3.05) is 11.9 Å². The number of aromatic carboxylic acids is 1. The Morgan fingerprint density at radius 3 is 3.04 bits per heavy atom. The number of rotatable bonds is 4. The van der Waals surface area contributed by atoms with Gasteiger partial charge < -0.3 is 10.0 Å². The van der Waals surface area contributed by atoms with Crippen LogP contribution >= 0.6 is 11.3 Å². The third-order valence-electron chi connectivity index (χ3n) is 4.54. The highest BCUT2D eigenvalue weighted by molar-refractivity contribution is 7.20. The lowest BCUT2D eigenvalue weighted by Crippen LogP contribution is -2.19. The molecule has 0 unspecified atom stereocenters. The van der Waals surface area contributed by atoms with Crippen molar-refractivity contribution in [3.05, 3.63) is 33.7 Å². The van der Waals surface area contributed by atoms with Crippen LogP contribution in [0, 0.1) is 6.92 Å². The molecule has 0 atom stereocenters. The lowest BCUT2D eigenvalue weighted by atomic mass is 10.1. The van der Waals surface area contributed by atoms with Gasteiger partial charge in [-0.25, -0.2) is 14.8 Å². The molecule has 124 valence electrons. The summed E-state index contributed by atoms with van der Waals surface area (Å²) < 4.78 is 0. The molecular formula is C16H17N5O2S. The Labute approximate surface area is 142 Å². The summed E-state index contributed by atoms with van der Waals surface area (Å²) in [4.78, 5) is 23.1. The molecule has 0 fully saturated rings. The minimum Gasteiger partial charge on any atom is -0.477 e. The molecule has 1 aliphatic carbocycles. The van der Waals surface area contributed by atoms with Crippen LogP contribution in [0.25, 0.3) is 10.2 Å². The van der Waals surface area contributed by atoms with Gasteiger partial charge in [-0.1, -0.05) is 0 Å². The minimum absolute atomic E-state index is 0.320. The molecule has 3 aromatic rings. The van der Waals surface area contributed by atoms with Gasteiger partial charge in [-0.15, -0.1) is 11.3 Å². The molecule has 3 heterocycles. The zero-order chi connectivity index (χ0) is 16.8. The predicted octanol–water partition coefficient (Wildman–Crippen LogP) is 2.55. The molecule has 0 aromatic carbocycles. The number of H-pyrrole nitrogens is 1. The second-order valence-electron chi connectivity index (χ2n) is 6.08. The van der Waals surface area contributed by atoms with Crippen LogP contribution in [0.5, 0.6) is 0 Å². The molecule has 8 heteroatoms. The van der Waals surface area contributed by atoms with Crippen LogP contribution in [-0.4, -0.2) is 38.3 Å². The van der Waals surface area contributed by atoms with Gasteiger partial charge in [0.1, 0.15) is 21.9 Å². The van der Waals surface area contributed by atoms with E-state index in [1.807, 2.05) is 18.9 Å². The van der Waals surface area contributed by atoms with Gasteiger partial charge >= 0.3 is 5.97 Å². The molecule has 0 aliphatic heterocycles. The molecule has 0 saturated carbocycles. The number of carbonyl (C=O) groups is 1. The van der Waals surface area contributed by atoms with E-state index in [4.69, 9.17) is 0 Å². The largest absolute Gasteiger partial charge is 0.477 e. The normalized spacial score (nSPS) is 13.4. The van der Waals surface area contributed by atoms with E-state index in [0.29, 0.717) is 16.3 Å². The molecule has 0 amide bonds. The van der Waals surface area contributed by atoms with E-state index in [2.05, 4.69) is 20.2 Å². The number of carboxylic acid groups (broad SMARTS) is 1. The van der Waals surface area contributed by atoms with E-state index in [-0.39, 0.29) is 0 Å². The summed E-state index contributed by atoms with van der Waals surface area (Å²) in [6, 6.07) is 0. The summed E-state index contributed by atoms with van der Waals surface area (Å²) in [6.07, 6.45) is 4.79. The Morgan fingerprint density at radius 2 is 2.25 bits per heavy atom. The summed E-state index contributed by atoms with van der Waals surface area (Å²) >= 11 is 1.19. The fraction of sp³-hybridized carbons (Fsp3) is 0.375. The number of aryl methyl sites for hydroxylation is 2. The molecule has 0 saturated heterocycles. The quantitative estimate of drug-likeness (QED) is 0.756. The summed E-state index contributed by atoms with van der Waals surface area (Å²) in [5.41, 5.74) is 4.33. The maximum absolute atomic E-state index is 11.4. The molecule has 0 spiro atoms. The molecule has 7 nitrogen and oxygen atoms in total. The molecular weight excluding hydrogens is 326 g/mol. The number of anilines is 1. The molecule has 4 rings (SSSR count). The first-order valence-electron chi connectivity index (χ1n) is 7.79. The SMILES string of the molecule is Cc1c(C(=O)O)sc2ncnc(N(C)Cc3n[nH]c4c3CCC4)c12. The van der Waals surface area contributed by atoms with Gasteiger partial charge in [0, 0.05) is 12.7 Å². The van der Waals surface area contributed by atoms with E-state index >= 15 is 0 Å². The number of fused-ring (bicyclic) bond motifs is 2. The maximum atomic E-state index is 11.4. The summed E-state index contributed by atoms with van der Waals surface area (Å²) in [6.45, 7) is 2.45. The number of nitrogens with one attached hydrogen (secondary N) is 1. The molecule has 2 N–H and O–H groups in total. The Balaban J connectivity index is 1.74. The van der Waals surface area contributed by atoms with Crippen molar-refractivity contribution in [2.45, 2.75) is 32.7 Å². The van der Waals surface area contributed by atoms with Crippen LogP contribution < -0.4 is 4.90 Å². The second kappa shape index (κ2) is 5.55. The average Bonchev–Trinajstić information content (AvgIpc) is 3.23. The Hall–Kier alpha value is -2.48. The first kappa shape index (κ1) is 15.1. The van der Waals surface area contributed by atoms with E-state index < -0.39 is 5.97 Å². The maximum Gasteiger partial charge on any atom is 0.346 e. The average molecular weight is 343 g/mol. The standard InChI is InChI=1S/C16H17N5O2S/c1-8-12-14(17-7-18-15(12)24-13(8)16(22)23)21(2)6-11-9-4-3-5-10(9)19-20-11/h7H,3-6H2,1-2H3,(H,19,20)(H,22,23). The Morgan fingerprint density at radius 1 is 1.42 bits per heavy atom. The summed E-state index contributed by atoms with van der Waals surface area (Å²) in [7, 11) is 1.95. The van der Waals surface area contributed by atoms with E-state index in [1.165, 1.54) is 35.3 Å². The zero-order valence-electron chi connectivity index (χ0n) is 13.5. The van der Waals surface area contributed by atoms with Gasteiger partial charge in [0.25, 0.3) is 0 Å². The van der Waals surface area contributed by atoms with Crippen LogP contribution in [-0.2, 0) is 19.4 Å². The van der Waals surface area contributed by atoms with Crippen molar-refractivity contribution in [3.8, 4) is 0 Å². The highest BCUT2D eigenvalue weighted by Crippen LogP contribution is 2.35. The zero-order valence-corrected chi connectivity index (χ0v) is 14.3. The smallest absolute Gasteiger partial charge is 0.346 e. The van der Waals surface area contributed by atoms with Crippen molar-refractivity contribution in [3.63, 3.8) is 0 Å². The number of carboxylic acids is 1. The fourth-order valence-corrected chi connectivity index (χ4v) is 4.35. The van der Waals surface area contributed by atoms with Crippen LogP contribution in [0.1, 0.15) is 38.6 Å². The highest BCUT2D eigenvalue weighted by Gasteiger charge is 2.23. The van der Waals surface area contributed by atoms with Crippen molar-refractivity contribution in [1.82, 2.24) is 20.2 Å². The van der Waals surface area contributed by atoms with E-state index in [1.54, 1.807) is 0 Å². The third kappa shape index (κ3) is 2.25. The number of aromatic amines is 1. The third-order valence-corrected chi connectivity index (χ3v) is 5.73. The molecule has 3 aromatic heterocycles. The van der Waals surface area contributed by atoms with Crippen LogP contribution in [0.4, 0.5) is 5.82 Å². The molecule has 0 radical (unpaired) electrons. The lowest BCUT2D eigenvalue weighted by molar-refractivity contribution is 0.0701. The van der Waals surface area contributed by atoms with Crippen molar-refractivity contribution >= 4 is 33.3 Å². The molecule has 1 aliphatic rings. The first-order valence-corrected chi connectivity index (χ1v) is 8.61. The topological polar surface area (TPSA) is 95.0 Å². The van der Waals surface area contributed by atoms with Crippen molar-refractivity contribution in [2.24, 2.45) is 0 Å².